The van der Waals surface area contributed by atoms with Crippen LogP contribution >= 0.6 is 0 Å². The van der Waals surface area contributed by atoms with Crippen molar-refractivity contribution in [1.29, 1.82) is 0 Å². The zero-order chi connectivity index (χ0) is 25.2. The lowest BCUT2D eigenvalue weighted by Crippen LogP contribution is -2.34. The Kier molecular flexibility index (Phi) is 9.07. The standard InChI is InChI=1S/C23H30N8O4/c1-3-35-11-10-25-18(32)9-4-14(2)28-21(33)15-5-7-16(8-6-15)26-12-17-13-27-20-19(29-17)22(34)31-23(24)30-20/h5-8,13-14,26H,3-4,9-12H2,1-2H3,(H,25,32)(H,28,33)(H3,24,27,30,31,34)/t14-/m1/s1. The number of H-pyrrole nitrogens is 1. The van der Waals surface area contributed by atoms with Crippen LogP contribution in [0.15, 0.2) is 35.3 Å². The van der Waals surface area contributed by atoms with Crippen LogP contribution in [0.3, 0.4) is 0 Å². The van der Waals surface area contributed by atoms with E-state index in [1.165, 1.54) is 6.20 Å². The lowest BCUT2D eigenvalue weighted by Gasteiger charge is -2.14. The molecule has 3 aromatic rings. The molecule has 1 atom stereocenters. The Morgan fingerprint density at radius 1 is 1.20 bits per heavy atom. The van der Waals surface area contributed by atoms with Crippen molar-refractivity contribution in [2.45, 2.75) is 39.3 Å². The lowest BCUT2D eigenvalue weighted by atomic mass is 10.1. The average Bonchev–Trinajstić information content (AvgIpc) is 2.84. The molecule has 186 valence electrons. The number of carbonyl (C=O) groups excluding carboxylic acids is 2. The van der Waals surface area contributed by atoms with E-state index in [0.717, 1.165) is 5.69 Å². The number of aromatic amines is 1. The Hall–Kier alpha value is -4.06. The van der Waals surface area contributed by atoms with Gasteiger partial charge in [-0.05, 0) is 44.5 Å². The first-order chi connectivity index (χ1) is 16.9. The molecule has 0 saturated carbocycles. The van der Waals surface area contributed by atoms with Crippen LogP contribution in [0.25, 0.3) is 11.2 Å². The van der Waals surface area contributed by atoms with Gasteiger partial charge in [-0.2, -0.15) is 4.98 Å². The Labute approximate surface area is 202 Å². The molecule has 2 amide bonds. The van der Waals surface area contributed by atoms with Gasteiger partial charge in [-0.25, -0.2) is 9.97 Å². The average molecular weight is 483 g/mol. The smallest absolute Gasteiger partial charge is 0.280 e. The quantitative estimate of drug-likeness (QED) is 0.235. The number of fused-ring (bicyclic) bond motifs is 1. The number of ether oxygens (including phenoxy) is 1. The van der Waals surface area contributed by atoms with Gasteiger partial charge in [0.05, 0.1) is 25.0 Å². The molecule has 0 bridgehead atoms. The highest BCUT2D eigenvalue weighted by atomic mass is 16.5. The summed E-state index contributed by atoms with van der Waals surface area (Å²) in [6.07, 6.45) is 2.37. The second kappa shape index (κ2) is 12.4. The largest absolute Gasteiger partial charge is 0.380 e. The second-order valence-electron chi connectivity index (χ2n) is 7.88. The molecule has 12 heteroatoms. The molecule has 35 heavy (non-hydrogen) atoms. The van der Waals surface area contributed by atoms with Crippen LogP contribution in [0.5, 0.6) is 0 Å². The van der Waals surface area contributed by atoms with Crippen molar-refractivity contribution < 1.29 is 14.3 Å². The molecular formula is C23H30N8O4. The Morgan fingerprint density at radius 3 is 2.71 bits per heavy atom. The van der Waals surface area contributed by atoms with Gasteiger partial charge < -0.3 is 26.4 Å². The lowest BCUT2D eigenvalue weighted by molar-refractivity contribution is -0.121. The molecule has 2 heterocycles. The van der Waals surface area contributed by atoms with Crippen LogP contribution in [0, 0.1) is 0 Å². The fourth-order valence-corrected chi connectivity index (χ4v) is 3.21. The summed E-state index contributed by atoms with van der Waals surface area (Å²) in [4.78, 5) is 51.1. The molecule has 6 N–H and O–H groups in total. The van der Waals surface area contributed by atoms with Gasteiger partial charge in [0.1, 0.15) is 0 Å². The first-order valence-corrected chi connectivity index (χ1v) is 11.4. The fraction of sp³-hybridized carbons (Fsp3) is 0.391. The van der Waals surface area contributed by atoms with Crippen molar-refractivity contribution in [2.75, 3.05) is 30.8 Å². The van der Waals surface area contributed by atoms with Crippen molar-refractivity contribution in [3.05, 3.63) is 52.1 Å². The Bertz CT molecular complexity index is 1210. The van der Waals surface area contributed by atoms with Crippen LogP contribution in [-0.4, -0.2) is 57.6 Å². The molecule has 0 aliphatic rings. The Morgan fingerprint density at radius 2 is 1.97 bits per heavy atom. The van der Waals surface area contributed by atoms with Crippen LogP contribution in [0.4, 0.5) is 11.6 Å². The molecular weight excluding hydrogens is 452 g/mol. The SMILES string of the molecule is CCOCCNC(=O)CC[C@@H](C)NC(=O)c1ccc(NCc2cnc3nc(N)[nH]c(=O)c3n2)cc1. The predicted octanol–water partition coefficient (Wildman–Crippen LogP) is 0.959. The van der Waals surface area contributed by atoms with Gasteiger partial charge in [0.2, 0.25) is 11.9 Å². The Balaban J connectivity index is 1.46. The minimum absolute atomic E-state index is 0.0139. The molecule has 0 spiro atoms. The van der Waals surface area contributed by atoms with E-state index in [1.807, 2.05) is 13.8 Å². The number of nitrogens with one attached hydrogen (secondary N) is 4. The predicted molar refractivity (Wildman–Crippen MR) is 132 cm³/mol. The summed E-state index contributed by atoms with van der Waals surface area (Å²) in [6.45, 7) is 5.67. The van der Waals surface area contributed by atoms with Crippen molar-refractivity contribution in [2.24, 2.45) is 0 Å². The second-order valence-corrected chi connectivity index (χ2v) is 7.88. The summed E-state index contributed by atoms with van der Waals surface area (Å²) >= 11 is 0. The summed E-state index contributed by atoms with van der Waals surface area (Å²) in [5.74, 6) is -0.297. The summed E-state index contributed by atoms with van der Waals surface area (Å²) in [5, 5.41) is 8.86. The maximum atomic E-state index is 12.5. The third-order valence-electron chi connectivity index (χ3n) is 5.06. The van der Waals surface area contributed by atoms with E-state index in [2.05, 4.69) is 35.9 Å². The zero-order valence-electron chi connectivity index (χ0n) is 19.8. The number of nitrogens with zero attached hydrogens (tertiary/aromatic N) is 3. The molecule has 3 rings (SSSR count). The van der Waals surface area contributed by atoms with Crippen molar-refractivity contribution in [3.63, 3.8) is 0 Å². The van der Waals surface area contributed by atoms with E-state index >= 15 is 0 Å². The number of rotatable bonds is 12. The number of nitrogens with two attached hydrogens (primary N) is 1. The number of nitrogen functional groups attached to an aromatic ring is 1. The molecule has 0 radical (unpaired) electrons. The number of hydrogen-bond donors (Lipinski definition) is 5. The van der Waals surface area contributed by atoms with E-state index in [9.17, 15) is 14.4 Å². The maximum Gasteiger partial charge on any atom is 0.280 e. The topological polar surface area (TPSA) is 177 Å². The maximum absolute atomic E-state index is 12.5. The van der Waals surface area contributed by atoms with Gasteiger partial charge >= 0.3 is 0 Å². The van der Waals surface area contributed by atoms with E-state index in [-0.39, 0.29) is 35.0 Å². The zero-order valence-corrected chi connectivity index (χ0v) is 19.8. The highest BCUT2D eigenvalue weighted by Crippen LogP contribution is 2.12. The molecule has 0 saturated heterocycles. The third kappa shape index (κ3) is 7.74. The first-order valence-electron chi connectivity index (χ1n) is 11.4. The number of amides is 2. The summed E-state index contributed by atoms with van der Waals surface area (Å²) in [5.41, 5.74) is 7.18. The molecule has 2 aromatic heterocycles. The van der Waals surface area contributed by atoms with E-state index in [1.54, 1.807) is 24.3 Å². The number of hydrogen-bond acceptors (Lipinski definition) is 9. The van der Waals surface area contributed by atoms with Crippen LogP contribution in [-0.2, 0) is 16.1 Å². The number of anilines is 2. The third-order valence-corrected chi connectivity index (χ3v) is 5.06. The van der Waals surface area contributed by atoms with Gasteiger partial charge in [-0.15, -0.1) is 0 Å². The number of carbonyl (C=O) groups is 2. The molecule has 0 unspecified atom stereocenters. The van der Waals surface area contributed by atoms with Crippen LogP contribution in [0.1, 0.15) is 42.7 Å². The van der Waals surface area contributed by atoms with Gasteiger partial charge in [0.15, 0.2) is 11.2 Å². The molecule has 12 nitrogen and oxygen atoms in total. The molecule has 1 aromatic carbocycles. The van der Waals surface area contributed by atoms with E-state index < -0.39 is 5.56 Å². The van der Waals surface area contributed by atoms with Crippen molar-refractivity contribution >= 4 is 34.6 Å². The number of benzene rings is 1. The highest BCUT2D eigenvalue weighted by Gasteiger charge is 2.12. The van der Waals surface area contributed by atoms with Crippen LogP contribution < -0.4 is 27.2 Å². The van der Waals surface area contributed by atoms with Gasteiger partial charge in [0.25, 0.3) is 11.5 Å². The molecule has 0 aliphatic heterocycles. The van der Waals surface area contributed by atoms with Crippen LogP contribution in [0.2, 0.25) is 0 Å². The summed E-state index contributed by atoms with van der Waals surface area (Å²) in [7, 11) is 0. The minimum atomic E-state index is -0.450. The van der Waals surface area contributed by atoms with Crippen molar-refractivity contribution in [1.82, 2.24) is 30.6 Å². The molecule has 0 aliphatic carbocycles. The monoisotopic (exact) mass is 482 g/mol. The first kappa shape index (κ1) is 25.6. The summed E-state index contributed by atoms with van der Waals surface area (Å²) < 4.78 is 5.18. The van der Waals surface area contributed by atoms with E-state index in [4.69, 9.17) is 10.5 Å². The van der Waals surface area contributed by atoms with E-state index in [0.29, 0.717) is 50.4 Å². The normalized spacial score (nSPS) is 11.7. The summed E-state index contributed by atoms with van der Waals surface area (Å²) in [6, 6.07) is 6.80. The van der Waals surface area contributed by atoms with Gasteiger partial charge in [-0.3, -0.25) is 19.4 Å². The number of aromatic nitrogens is 4. The highest BCUT2D eigenvalue weighted by molar-refractivity contribution is 5.94. The molecule has 0 fully saturated rings. The van der Waals surface area contributed by atoms with Gasteiger partial charge in [0, 0.05) is 36.9 Å². The fourth-order valence-electron chi connectivity index (χ4n) is 3.21. The van der Waals surface area contributed by atoms with Gasteiger partial charge in [-0.1, -0.05) is 0 Å². The minimum Gasteiger partial charge on any atom is -0.380 e. The van der Waals surface area contributed by atoms with Crippen molar-refractivity contribution in [3.8, 4) is 0 Å².